The molecule has 0 fully saturated rings. The van der Waals surface area contributed by atoms with Gasteiger partial charge in [0.2, 0.25) is 5.95 Å². The Labute approximate surface area is 268 Å². The molecule has 5 heteroatoms. The lowest BCUT2D eigenvalue weighted by Gasteiger charge is -2.32. The van der Waals surface area contributed by atoms with Crippen LogP contribution in [-0.2, 0) is 0 Å². The molecule has 46 heavy (non-hydrogen) atoms. The van der Waals surface area contributed by atoms with Crippen LogP contribution in [0.1, 0.15) is 0 Å². The smallest absolute Gasteiger partial charge is 0.235 e. The van der Waals surface area contributed by atoms with Crippen LogP contribution < -0.4 is 4.90 Å². The highest BCUT2D eigenvalue weighted by Gasteiger charge is 2.28. The highest BCUT2D eigenvalue weighted by Crippen LogP contribution is 2.51. The first kappa shape index (κ1) is 25.4. The average Bonchev–Trinajstić information content (AvgIpc) is 3.50. The van der Waals surface area contributed by atoms with Crippen LogP contribution in [0.4, 0.5) is 17.3 Å². The third-order valence-corrected chi connectivity index (χ3v) is 10.2. The van der Waals surface area contributed by atoms with Gasteiger partial charge in [-0.3, -0.25) is 9.88 Å². The van der Waals surface area contributed by atoms with E-state index in [1.807, 2.05) is 12.3 Å². The molecule has 4 nitrogen and oxygen atoms in total. The number of thiophene rings is 1. The van der Waals surface area contributed by atoms with Gasteiger partial charge < -0.3 is 0 Å². The summed E-state index contributed by atoms with van der Waals surface area (Å²) >= 11 is 1.76. The molecule has 0 atom stereocenters. The molecule has 1 aliphatic heterocycles. The monoisotopic (exact) mass is 604 g/mol. The summed E-state index contributed by atoms with van der Waals surface area (Å²) in [6, 6.07) is 49.4. The van der Waals surface area contributed by atoms with Crippen LogP contribution in [0.3, 0.4) is 0 Å². The molecule has 3 aromatic heterocycles. The minimum Gasteiger partial charge on any atom is -0.278 e. The Hall–Kier alpha value is -5.91. The second-order valence-corrected chi connectivity index (χ2v) is 12.7. The van der Waals surface area contributed by atoms with E-state index in [1.54, 1.807) is 11.3 Å². The van der Waals surface area contributed by atoms with E-state index in [1.165, 1.54) is 26.6 Å². The van der Waals surface area contributed by atoms with Gasteiger partial charge in [0, 0.05) is 43.7 Å². The Morgan fingerprint density at radius 1 is 0.500 bits per heavy atom. The maximum atomic E-state index is 5.41. The summed E-state index contributed by atoms with van der Waals surface area (Å²) in [6.07, 6.45) is 1.86. The third-order valence-electron chi connectivity index (χ3n) is 9.07. The largest absolute Gasteiger partial charge is 0.278 e. The standard InChI is InChI=1S/C41H24N4S/c1-3-17-33-30(13-1)31-16-5-9-26-10-7-18-34(36(26)31)45(33)41-43-38(40-39(44-41)32-14-2-4-19-35(32)46-40)28-22-20-25(21-23-28)29-15-6-11-27-12-8-24-42-37(27)29/h1-24H. The van der Waals surface area contributed by atoms with Gasteiger partial charge in [-0.15, -0.1) is 11.3 Å². The number of nitrogens with zero attached hydrogens (tertiary/aromatic N) is 4. The highest BCUT2D eigenvalue weighted by molar-refractivity contribution is 7.26. The van der Waals surface area contributed by atoms with Crippen LogP contribution in [0, 0.1) is 0 Å². The number of aromatic nitrogens is 3. The first-order valence-corrected chi connectivity index (χ1v) is 16.2. The van der Waals surface area contributed by atoms with Crippen molar-refractivity contribution in [2.75, 3.05) is 4.90 Å². The quantitative estimate of drug-likeness (QED) is 0.201. The molecule has 0 saturated carbocycles. The number of hydrogen-bond donors (Lipinski definition) is 0. The van der Waals surface area contributed by atoms with E-state index in [2.05, 4.69) is 138 Å². The Balaban J connectivity index is 1.22. The van der Waals surface area contributed by atoms with Crippen LogP contribution in [-0.4, -0.2) is 15.0 Å². The number of anilines is 3. The van der Waals surface area contributed by atoms with E-state index >= 15 is 0 Å². The summed E-state index contributed by atoms with van der Waals surface area (Å²) < 4.78 is 2.29. The van der Waals surface area contributed by atoms with Crippen LogP contribution in [0.15, 0.2) is 146 Å². The van der Waals surface area contributed by atoms with E-state index in [9.17, 15) is 0 Å². The molecule has 0 spiro atoms. The lowest BCUT2D eigenvalue weighted by molar-refractivity contribution is 1.12. The van der Waals surface area contributed by atoms with Crippen molar-refractivity contribution in [3.8, 4) is 33.5 Å². The van der Waals surface area contributed by atoms with Gasteiger partial charge in [0.25, 0.3) is 0 Å². The summed E-state index contributed by atoms with van der Waals surface area (Å²) in [5.41, 5.74) is 10.8. The first-order chi connectivity index (χ1) is 22.8. The van der Waals surface area contributed by atoms with Gasteiger partial charge >= 0.3 is 0 Å². The number of benzene rings is 6. The Morgan fingerprint density at radius 3 is 2.11 bits per heavy atom. The molecule has 0 aliphatic carbocycles. The predicted octanol–water partition coefficient (Wildman–Crippen LogP) is 11.3. The van der Waals surface area contributed by atoms with Gasteiger partial charge in [-0.05, 0) is 40.8 Å². The summed E-state index contributed by atoms with van der Waals surface area (Å²) in [7, 11) is 0. The van der Waals surface area contributed by atoms with E-state index < -0.39 is 0 Å². The fraction of sp³-hybridized carbons (Fsp3) is 0. The maximum absolute atomic E-state index is 5.41. The first-order valence-electron chi connectivity index (χ1n) is 15.4. The van der Waals surface area contributed by atoms with Crippen molar-refractivity contribution in [1.82, 2.24) is 15.0 Å². The average molecular weight is 605 g/mol. The van der Waals surface area contributed by atoms with Crippen LogP contribution >= 0.6 is 11.3 Å². The molecule has 10 rings (SSSR count). The molecule has 214 valence electrons. The van der Waals surface area contributed by atoms with Crippen molar-refractivity contribution in [2.45, 2.75) is 0 Å². The number of hydrogen-bond acceptors (Lipinski definition) is 5. The normalized spacial score (nSPS) is 12.3. The minimum absolute atomic E-state index is 0.669. The second kappa shape index (κ2) is 9.80. The Bertz CT molecular complexity index is 2650. The molecule has 6 aromatic carbocycles. The minimum atomic E-state index is 0.669. The molecule has 1 aliphatic rings. The van der Waals surface area contributed by atoms with Crippen molar-refractivity contribution in [3.63, 3.8) is 0 Å². The van der Waals surface area contributed by atoms with Crippen molar-refractivity contribution < 1.29 is 0 Å². The van der Waals surface area contributed by atoms with Crippen LogP contribution in [0.5, 0.6) is 0 Å². The number of pyridine rings is 1. The van der Waals surface area contributed by atoms with Crippen LogP contribution in [0.25, 0.3) is 75.5 Å². The topological polar surface area (TPSA) is 41.9 Å². The Morgan fingerprint density at radius 2 is 1.20 bits per heavy atom. The zero-order chi connectivity index (χ0) is 30.2. The lowest BCUT2D eigenvalue weighted by atomic mass is 9.91. The molecular formula is C41H24N4S. The zero-order valence-electron chi connectivity index (χ0n) is 24.6. The molecule has 0 unspecified atom stereocenters. The highest BCUT2D eigenvalue weighted by atomic mass is 32.1. The molecule has 0 radical (unpaired) electrons. The lowest BCUT2D eigenvalue weighted by Crippen LogP contribution is -2.17. The summed E-state index contributed by atoms with van der Waals surface area (Å²) in [4.78, 5) is 17.7. The van der Waals surface area contributed by atoms with Crippen molar-refractivity contribution in [3.05, 3.63) is 146 Å². The fourth-order valence-electron chi connectivity index (χ4n) is 6.99. The predicted molar refractivity (Wildman–Crippen MR) is 192 cm³/mol. The van der Waals surface area contributed by atoms with E-state index in [4.69, 9.17) is 15.0 Å². The van der Waals surface area contributed by atoms with Gasteiger partial charge in [0.1, 0.15) is 0 Å². The van der Waals surface area contributed by atoms with Gasteiger partial charge in [-0.2, -0.15) is 0 Å². The van der Waals surface area contributed by atoms with Crippen molar-refractivity contribution in [2.24, 2.45) is 0 Å². The summed E-state index contributed by atoms with van der Waals surface area (Å²) in [5, 5.41) is 4.71. The SMILES string of the molecule is c1ccc2c(c1)-c1cccc3cccc(c13)N2c1nc(-c2ccc(-c3cccc4cccnc34)cc2)c2sc3ccccc3c2n1. The van der Waals surface area contributed by atoms with E-state index in [0.29, 0.717) is 5.95 Å². The van der Waals surface area contributed by atoms with Gasteiger partial charge in [-0.1, -0.05) is 115 Å². The van der Waals surface area contributed by atoms with E-state index in [0.717, 1.165) is 60.3 Å². The fourth-order valence-corrected chi connectivity index (χ4v) is 8.15. The van der Waals surface area contributed by atoms with Gasteiger partial charge in [-0.25, -0.2) is 9.97 Å². The zero-order valence-corrected chi connectivity index (χ0v) is 25.4. The molecule has 0 saturated heterocycles. The third kappa shape index (κ3) is 3.69. The van der Waals surface area contributed by atoms with Gasteiger partial charge in [0.05, 0.1) is 32.8 Å². The number of rotatable bonds is 3. The summed E-state index contributed by atoms with van der Waals surface area (Å²) in [5.74, 6) is 0.669. The molecule has 0 N–H and O–H groups in total. The Kier molecular flexibility index (Phi) is 5.41. The van der Waals surface area contributed by atoms with E-state index in [-0.39, 0.29) is 0 Å². The van der Waals surface area contributed by atoms with Crippen molar-refractivity contribution in [1.29, 1.82) is 0 Å². The number of para-hydroxylation sites is 2. The van der Waals surface area contributed by atoms with Crippen molar-refractivity contribution >= 4 is 70.6 Å². The maximum Gasteiger partial charge on any atom is 0.235 e. The summed E-state index contributed by atoms with van der Waals surface area (Å²) in [6.45, 7) is 0. The molecule has 9 aromatic rings. The molecule has 0 amide bonds. The second-order valence-electron chi connectivity index (χ2n) is 11.6. The van der Waals surface area contributed by atoms with Gasteiger partial charge in [0.15, 0.2) is 0 Å². The van der Waals surface area contributed by atoms with Crippen LogP contribution in [0.2, 0.25) is 0 Å². The molecular weight excluding hydrogens is 581 g/mol. The number of fused-ring (bicyclic) bond motifs is 6. The molecule has 4 heterocycles. The molecule has 0 bridgehead atoms.